The molecule has 1 amide bonds. The highest BCUT2D eigenvalue weighted by Crippen LogP contribution is 2.27. The molecule has 0 radical (unpaired) electrons. The number of aromatic nitrogens is 4. The molecule has 5 rings (SSSR count). The first kappa shape index (κ1) is 24.9. The fourth-order valence-electron chi connectivity index (χ4n) is 4.29. The van der Waals surface area contributed by atoms with Gasteiger partial charge < -0.3 is 10.2 Å². The molecule has 0 aliphatic carbocycles. The van der Waals surface area contributed by atoms with Crippen LogP contribution in [0.5, 0.6) is 0 Å². The molecule has 3 N–H and O–H groups in total. The number of benzene rings is 2. The minimum atomic E-state index is -0.594. The molecule has 0 atom stereocenters. The molecular weight excluding hydrogens is 515 g/mol. The zero-order valence-electron chi connectivity index (χ0n) is 20.2. The van der Waals surface area contributed by atoms with Crippen molar-refractivity contribution in [1.82, 2.24) is 29.3 Å². The number of likely N-dealkylation sites (N-methyl/N-ethyl adjacent to an activating group) is 1. The van der Waals surface area contributed by atoms with Gasteiger partial charge in [0.25, 0.3) is 0 Å². The number of hydrogen-bond donors (Lipinski definition) is 3. The van der Waals surface area contributed by atoms with Crippen LogP contribution >= 0.6 is 23.2 Å². The van der Waals surface area contributed by atoms with Crippen molar-refractivity contribution in [3.63, 3.8) is 0 Å². The molecule has 2 aromatic heterocycles. The average molecular weight is 539 g/mol. The molecule has 0 unspecified atom stereocenters. The highest BCUT2D eigenvalue weighted by Gasteiger charge is 2.20. The highest BCUT2D eigenvalue weighted by molar-refractivity contribution is 6.37. The molecule has 12 heteroatoms. The smallest absolute Gasteiger partial charge is 0.333 e. The molecule has 1 aliphatic heterocycles. The van der Waals surface area contributed by atoms with Crippen molar-refractivity contribution in [2.24, 2.45) is 0 Å². The minimum absolute atomic E-state index is 0.0875. The summed E-state index contributed by atoms with van der Waals surface area (Å²) in [6.45, 7) is 1.91. The molecule has 0 saturated heterocycles. The summed E-state index contributed by atoms with van der Waals surface area (Å²) in [5.41, 5.74) is 2.88. The Hall–Kier alpha value is -3.73. The number of halogens is 2. The van der Waals surface area contributed by atoms with Crippen molar-refractivity contribution in [1.29, 1.82) is 5.41 Å². The van der Waals surface area contributed by atoms with Crippen LogP contribution in [0.2, 0.25) is 10.0 Å². The van der Waals surface area contributed by atoms with Gasteiger partial charge in [-0.2, -0.15) is 4.98 Å². The Morgan fingerprint density at radius 1 is 1.19 bits per heavy atom. The molecule has 1 aliphatic rings. The molecule has 37 heavy (non-hydrogen) atoms. The molecule has 10 nitrogen and oxygen atoms in total. The second-order valence-electron chi connectivity index (χ2n) is 9.00. The summed E-state index contributed by atoms with van der Waals surface area (Å²) < 4.78 is 1.10. The van der Waals surface area contributed by atoms with E-state index in [1.54, 1.807) is 37.2 Å². The van der Waals surface area contributed by atoms with Gasteiger partial charge in [-0.05, 0) is 41.8 Å². The van der Waals surface area contributed by atoms with E-state index in [1.165, 1.54) is 17.3 Å². The van der Waals surface area contributed by atoms with Crippen LogP contribution in [0.1, 0.15) is 11.1 Å². The Kier molecular flexibility index (Phi) is 6.72. The minimum Gasteiger partial charge on any atom is -0.348 e. The Labute approximate surface area is 222 Å². The van der Waals surface area contributed by atoms with E-state index < -0.39 is 5.69 Å². The van der Waals surface area contributed by atoms with E-state index in [0.29, 0.717) is 18.5 Å². The van der Waals surface area contributed by atoms with Gasteiger partial charge in [0, 0.05) is 39.1 Å². The maximum atomic E-state index is 12.9. The van der Waals surface area contributed by atoms with Crippen LogP contribution in [0.25, 0.3) is 16.7 Å². The van der Waals surface area contributed by atoms with Crippen LogP contribution in [0.3, 0.4) is 0 Å². The van der Waals surface area contributed by atoms with E-state index in [0.717, 1.165) is 23.2 Å². The predicted molar refractivity (Wildman–Crippen MR) is 143 cm³/mol. The molecule has 2 aromatic carbocycles. The summed E-state index contributed by atoms with van der Waals surface area (Å²) in [4.78, 5) is 40.1. The molecule has 4 aromatic rings. The average Bonchev–Trinajstić information content (AvgIpc) is 2.85. The number of amides is 1. The third-order valence-corrected chi connectivity index (χ3v) is 6.88. The summed E-state index contributed by atoms with van der Waals surface area (Å²) in [7, 11) is 3.53. The topological polar surface area (TPSA) is 123 Å². The van der Waals surface area contributed by atoms with Gasteiger partial charge in [0.2, 0.25) is 11.9 Å². The lowest BCUT2D eigenvalue weighted by atomic mass is 9.99. The quantitative estimate of drug-likeness (QED) is 0.358. The fourth-order valence-corrected chi connectivity index (χ4v) is 4.86. The summed E-state index contributed by atoms with van der Waals surface area (Å²) in [6, 6.07) is 10.9. The van der Waals surface area contributed by atoms with E-state index in [-0.39, 0.29) is 38.7 Å². The largest absolute Gasteiger partial charge is 0.348 e. The first-order valence-electron chi connectivity index (χ1n) is 11.5. The van der Waals surface area contributed by atoms with Gasteiger partial charge >= 0.3 is 5.69 Å². The standard InChI is InChI=1S/C25H24Cl2N8O2/c1-33(2)20(36)13-34-9-8-14-10-16(7-6-15(14)12-34)30-24-29-11-17-22(28)35(25(37)32-23(17)31-24)21-18(26)4-3-5-19(21)27/h3-7,10-11,28H,8-9,12-13H2,1-2H3,(H2,29,30,31,32,37). The lowest BCUT2D eigenvalue weighted by molar-refractivity contribution is -0.130. The Morgan fingerprint density at radius 3 is 2.68 bits per heavy atom. The monoisotopic (exact) mass is 538 g/mol. The molecule has 0 saturated carbocycles. The summed E-state index contributed by atoms with van der Waals surface area (Å²) in [6.07, 6.45) is 2.30. The van der Waals surface area contributed by atoms with Crippen LogP contribution in [0.15, 0.2) is 47.4 Å². The number of rotatable bonds is 5. The molecule has 0 spiro atoms. The Balaban J connectivity index is 1.40. The van der Waals surface area contributed by atoms with E-state index in [9.17, 15) is 9.59 Å². The van der Waals surface area contributed by atoms with Crippen molar-refractivity contribution in [3.8, 4) is 5.69 Å². The number of nitrogens with one attached hydrogen (secondary N) is 3. The van der Waals surface area contributed by atoms with Crippen LogP contribution in [-0.2, 0) is 17.8 Å². The maximum absolute atomic E-state index is 12.9. The van der Waals surface area contributed by atoms with Crippen LogP contribution in [0.4, 0.5) is 11.6 Å². The van der Waals surface area contributed by atoms with Crippen molar-refractivity contribution >= 4 is 51.8 Å². The van der Waals surface area contributed by atoms with E-state index >= 15 is 0 Å². The fraction of sp³-hybridized carbons (Fsp3) is 0.240. The molecule has 0 bridgehead atoms. The van der Waals surface area contributed by atoms with Gasteiger partial charge in [-0.3, -0.25) is 20.1 Å². The number of fused-ring (bicyclic) bond motifs is 2. The number of hydrogen-bond acceptors (Lipinski definition) is 7. The second kappa shape index (κ2) is 9.97. The Morgan fingerprint density at radius 2 is 1.95 bits per heavy atom. The normalized spacial score (nSPS) is 13.4. The summed E-state index contributed by atoms with van der Waals surface area (Å²) >= 11 is 12.5. The van der Waals surface area contributed by atoms with Crippen LogP contribution in [-0.4, -0.2) is 62.4 Å². The van der Waals surface area contributed by atoms with Crippen molar-refractivity contribution in [2.75, 3.05) is 32.5 Å². The first-order chi connectivity index (χ1) is 17.7. The SMILES string of the molecule is CN(C)C(=O)CN1CCc2cc(Nc3ncc4c(=N)n(-c5c(Cl)cccc5Cl)c(=O)[nH]c4n3)ccc2C1. The third-order valence-electron chi connectivity index (χ3n) is 6.27. The van der Waals surface area contributed by atoms with E-state index in [2.05, 4.69) is 25.2 Å². The third kappa shape index (κ3) is 4.95. The maximum Gasteiger partial charge on any atom is 0.333 e. The van der Waals surface area contributed by atoms with Gasteiger partial charge in [0.05, 0.1) is 27.7 Å². The first-order valence-corrected chi connectivity index (χ1v) is 12.3. The van der Waals surface area contributed by atoms with Crippen LogP contribution < -0.4 is 16.5 Å². The number of nitrogens with zero attached hydrogens (tertiary/aromatic N) is 5. The summed E-state index contributed by atoms with van der Waals surface area (Å²) in [5, 5.41) is 12.6. The van der Waals surface area contributed by atoms with Crippen molar-refractivity contribution in [2.45, 2.75) is 13.0 Å². The second-order valence-corrected chi connectivity index (χ2v) is 9.81. The number of aromatic amines is 1. The van der Waals surface area contributed by atoms with E-state index in [1.807, 2.05) is 18.2 Å². The van der Waals surface area contributed by atoms with Gasteiger partial charge in [-0.15, -0.1) is 0 Å². The van der Waals surface area contributed by atoms with Gasteiger partial charge in [0.1, 0.15) is 5.49 Å². The van der Waals surface area contributed by atoms with Gasteiger partial charge in [-0.25, -0.2) is 14.3 Å². The van der Waals surface area contributed by atoms with Gasteiger partial charge in [-0.1, -0.05) is 35.3 Å². The van der Waals surface area contributed by atoms with Gasteiger partial charge in [0.15, 0.2) is 5.65 Å². The predicted octanol–water partition coefficient (Wildman–Crippen LogP) is 3.08. The lowest BCUT2D eigenvalue weighted by Crippen LogP contribution is -2.39. The number of anilines is 2. The molecule has 190 valence electrons. The number of para-hydroxylation sites is 1. The number of carbonyl (C=O) groups is 1. The van der Waals surface area contributed by atoms with Crippen LogP contribution in [0, 0.1) is 5.41 Å². The zero-order chi connectivity index (χ0) is 26.3. The Bertz CT molecular complexity index is 1630. The number of carbonyl (C=O) groups excluding carboxylic acids is 1. The zero-order valence-corrected chi connectivity index (χ0v) is 21.7. The number of H-pyrrole nitrogens is 1. The van der Waals surface area contributed by atoms with E-state index in [4.69, 9.17) is 28.6 Å². The summed E-state index contributed by atoms with van der Waals surface area (Å²) in [5.74, 6) is 0.370. The molecule has 0 fully saturated rings. The molecule has 3 heterocycles. The van der Waals surface area contributed by atoms with Crippen molar-refractivity contribution < 1.29 is 4.79 Å². The highest BCUT2D eigenvalue weighted by atomic mass is 35.5. The molecular formula is C25H24Cl2N8O2. The van der Waals surface area contributed by atoms with Crippen molar-refractivity contribution in [3.05, 3.63) is 79.7 Å². The lowest BCUT2D eigenvalue weighted by Gasteiger charge is -2.29.